The number of carbonyl (C=O) groups is 1. The Labute approximate surface area is 139 Å². The third kappa shape index (κ3) is 3.38. The molecule has 1 N–H and O–H groups in total. The molecule has 1 aliphatic heterocycles. The summed E-state index contributed by atoms with van der Waals surface area (Å²) in [4.78, 5) is 13.9. The van der Waals surface area contributed by atoms with E-state index >= 15 is 0 Å². The fourth-order valence-electron chi connectivity index (χ4n) is 2.89. The van der Waals surface area contributed by atoms with Gasteiger partial charge in [0.2, 0.25) is 17.7 Å². The second-order valence-electron chi connectivity index (χ2n) is 5.64. The van der Waals surface area contributed by atoms with Gasteiger partial charge in [-0.2, -0.15) is 0 Å². The first kappa shape index (κ1) is 16.0. The quantitative estimate of drug-likeness (QED) is 0.908. The third-order valence-electron chi connectivity index (χ3n) is 4.12. The number of likely N-dealkylation sites (N-methyl/N-ethyl adjacent to an activating group) is 1. The predicted molar refractivity (Wildman–Crippen MR) is 85.9 cm³/mol. The van der Waals surface area contributed by atoms with Crippen molar-refractivity contribution >= 4 is 17.5 Å². The van der Waals surface area contributed by atoms with Gasteiger partial charge in [0.15, 0.2) is 0 Å². The van der Waals surface area contributed by atoms with E-state index in [1.54, 1.807) is 4.90 Å². The first-order valence-electron chi connectivity index (χ1n) is 7.64. The van der Waals surface area contributed by atoms with Crippen LogP contribution in [-0.2, 0) is 17.8 Å². The Balaban J connectivity index is 1.73. The summed E-state index contributed by atoms with van der Waals surface area (Å²) in [6.45, 7) is 2.41. The van der Waals surface area contributed by atoms with Crippen molar-refractivity contribution in [3.05, 3.63) is 46.6 Å². The number of nitrogens with zero attached hydrogens (tertiary/aromatic N) is 3. The predicted octanol–water partition coefficient (Wildman–Crippen LogP) is 2.35. The van der Waals surface area contributed by atoms with Gasteiger partial charge >= 0.3 is 0 Å². The zero-order valence-corrected chi connectivity index (χ0v) is 13.9. The number of halogens is 1. The zero-order chi connectivity index (χ0) is 16.4. The zero-order valence-electron chi connectivity index (χ0n) is 13.1. The number of likely N-dealkylation sites (tertiary alicyclic amines) is 1. The van der Waals surface area contributed by atoms with Gasteiger partial charge in [-0.05, 0) is 17.7 Å². The van der Waals surface area contributed by atoms with Crippen LogP contribution < -0.4 is 5.32 Å². The Bertz CT molecular complexity index is 686. The average Bonchev–Trinajstić information content (AvgIpc) is 3.12. The first-order valence-corrected chi connectivity index (χ1v) is 8.02. The van der Waals surface area contributed by atoms with Gasteiger partial charge in [-0.1, -0.05) is 30.7 Å². The molecule has 23 heavy (non-hydrogen) atoms. The van der Waals surface area contributed by atoms with Crippen LogP contribution in [0.15, 0.2) is 28.7 Å². The maximum absolute atomic E-state index is 12.1. The minimum atomic E-state index is -0.0340. The van der Waals surface area contributed by atoms with Gasteiger partial charge in [0.1, 0.15) is 0 Å². The molecule has 2 atom stereocenters. The monoisotopic (exact) mass is 334 g/mol. The molecule has 1 aromatic carbocycles. The number of nitrogens with one attached hydrogen (secondary N) is 1. The van der Waals surface area contributed by atoms with Crippen molar-refractivity contribution in [2.45, 2.75) is 38.4 Å². The lowest BCUT2D eigenvalue weighted by Crippen LogP contribution is -2.34. The molecule has 1 amide bonds. The number of aromatic nitrogens is 2. The molecule has 3 rings (SSSR count). The highest BCUT2D eigenvalue weighted by atomic mass is 35.5. The van der Waals surface area contributed by atoms with Gasteiger partial charge in [-0.3, -0.25) is 4.79 Å². The maximum atomic E-state index is 12.1. The number of benzene rings is 1. The van der Waals surface area contributed by atoms with E-state index in [2.05, 4.69) is 15.5 Å². The fourth-order valence-corrected chi connectivity index (χ4v) is 3.02. The topological polar surface area (TPSA) is 71.3 Å². The lowest BCUT2D eigenvalue weighted by molar-refractivity contribution is -0.127. The molecular formula is C16H19ClN4O2. The Morgan fingerprint density at radius 2 is 2.00 bits per heavy atom. The van der Waals surface area contributed by atoms with Gasteiger partial charge in [0, 0.05) is 31.0 Å². The van der Waals surface area contributed by atoms with Crippen molar-refractivity contribution in [2.75, 3.05) is 7.05 Å². The van der Waals surface area contributed by atoms with Crippen LogP contribution in [0, 0.1) is 0 Å². The normalized spacial score (nSPS) is 21.2. The molecule has 1 fully saturated rings. The van der Waals surface area contributed by atoms with Crippen molar-refractivity contribution in [3.63, 3.8) is 0 Å². The molecule has 6 nitrogen and oxygen atoms in total. The highest BCUT2D eigenvalue weighted by Gasteiger charge is 2.38. The number of amides is 1. The highest BCUT2D eigenvalue weighted by Crippen LogP contribution is 2.32. The van der Waals surface area contributed by atoms with Crippen LogP contribution in [0.5, 0.6) is 0 Å². The summed E-state index contributed by atoms with van der Waals surface area (Å²) < 4.78 is 5.50. The molecule has 0 radical (unpaired) electrons. The Morgan fingerprint density at radius 1 is 1.30 bits per heavy atom. The second-order valence-corrected chi connectivity index (χ2v) is 6.07. The molecule has 122 valence electrons. The number of rotatable bonds is 5. The van der Waals surface area contributed by atoms with Crippen molar-refractivity contribution in [3.8, 4) is 0 Å². The number of aryl methyl sites for hydroxylation is 1. The molecule has 0 aliphatic carbocycles. The van der Waals surface area contributed by atoms with Gasteiger partial charge < -0.3 is 14.6 Å². The van der Waals surface area contributed by atoms with Gasteiger partial charge in [-0.15, -0.1) is 10.2 Å². The summed E-state index contributed by atoms with van der Waals surface area (Å²) in [7, 11) is 1.82. The molecule has 2 heterocycles. The number of carbonyl (C=O) groups excluding carboxylic acids is 1. The Kier molecular flexibility index (Phi) is 4.63. The molecule has 1 aliphatic rings. The SMILES string of the molecule is CCc1nnc(CN[C@@H]2CC(=O)N(C)[C@H]2c2ccc(Cl)cc2)o1. The van der Waals surface area contributed by atoms with Crippen molar-refractivity contribution in [1.82, 2.24) is 20.4 Å². The molecule has 0 bridgehead atoms. The minimum Gasteiger partial charge on any atom is -0.424 e. The summed E-state index contributed by atoms with van der Waals surface area (Å²) in [5, 5.41) is 12.0. The molecule has 0 saturated carbocycles. The molecule has 1 aromatic heterocycles. The largest absolute Gasteiger partial charge is 0.424 e. The van der Waals surface area contributed by atoms with Crippen molar-refractivity contribution in [2.24, 2.45) is 0 Å². The maximum Gasteiger partial charge on any atom is 0.230 e. The van der Waals surface area contributed by atoms with E-state index in [0.717, 1.165) is 5.56 Å². The van der Waals surface area contributed by atoms with E-state index in [0.29, 0.717) is 36.2 Å². The molecule has 2 aromatic rings. The smallest absolute Gasteiger partial charge is 0.230 e. The number of hydrogen-bond acceptors (Lipinski definition) is 5. The fraction of sp³-hybridized carbons (Fsp3) is 0.438. The molecular weight excluding hydrogens is 316 g/mol. The van der Waals surface area contributed by atoms with Crippen LogP contribution in [-0.4, -0.2) is 34.1 Å². The lowest BCUT2D eigenvalue weighted by atomic mass is 10.0. The van der Waals surface area contributed by atoms with Crippen LogP contribution in [0.1, 0.15) is 36.7 Å². The van der Waals surface area contributed by atoms with E-state index in [1.807, 2.05) is 38.2 Å². The molecule has 0 spiro atoms. The van der Waals surface area contributed by atoms with E-state index in [1.165, 1.54) is 0 Å². The van der Waals surface area contributed by atoms with E-state index in [-0.39, 0.29) is 18.0 Å². The summed E-state index contributed by atoms with van der Waals surface area (Å²) in [6.07, 6.45) is 1.16. The Morgan fingerprint density at radius 3 is 2.65 bits per heavy atom. The standard InChI is InChI=1S/C16H19ClN4O2/c1-3-13-19-20-14(23-13)9-18-12-8-15(22)21(2)16(12)10-4-6-11(17)7-5-10/h4-7,12,16,18H,3,8-9H2,1-2H3/t12-,16+/m1/s1. The number of hydrogen-bond donors (Lipinski definition) is 1. The van der Waals surface area contributed by atoms with Gasteiger partial charge in [0.25, 0.3) is 0 Å². The summed E-state index contributed by atoms with van der Waals surface area (Å²) in [6, 6.07) is 7.56. The highest BCUT2D eigenvalue weighted by molar-refractivity contribution is 6.30. The second kappa shape index (κ2) is 6.68. The molecule has 1 saturated heterocycles. The first-order chi connectivity index (χ1) is 11.1. The van der Waals surface area contributed by atoms with Crippen LogP contribution >= 0.6 is 11.6 Å². The van der Waals surface area contributed by atoms with Crippen LogP contribution in [0.25, 0.3) is 0 Å². The van der Waals surface area contributed by atoms with E-state index in [9.17, 15) is 4.79 Å². The molecule has 0 unspecified atom stereocenters. The van der Waals surface area contributed by atoms with Crippen LogP contribution in [0.4, 0.5) is 0 Å². The van der Waals surface area contributed by atoms with Crippen molar-refractivity contribution < 1.29 is 9.21 Å². The van der Waals surface area contributed by atoms with Gasteiger partial charge in [-0.25, -0.2) is 0 Å². The van der Waals surface area contributed by atoms with Crippen LogP contribution in [0.2, 0.25) is 5.02 Å². The van der Waals surface area contributed by atoms with E-state index < -0.39 is 0 Å². The van der Waals surface area contributed by atoms with Crippen molar-refractivity contribution in [1.29, 1.82) is 0 Å². The summed E-state index contributed by atoms with van der Waals surface area (Å²) in [5.74, 6) is 1.27. The minimum absolute atomic E-state index is 0.00866. The summed E-state index contributed by atoms with van der Waals surface area (Å²) in [5.41, 5.74) is 1.06. The van der Waals surface area contributed by atoms with Crippen LogP contribution in [0.3, 0.4) is 0 Å². The summed E-state index contributed by atoms with van der Waals surface area (Å²) >= 11 is 5.95. The third-order valence-corrected chi connectivity index (χ3v) is 4.38. The van der Waals surface area contributed by atoms with Gasteiger partial charge in [0.05, 0.1) is 12.6 Å². The lowest BCUT2D eigenvalue weighted by Gasteiger charge is -2.25. The molecule has 7 heteroatoms. The Hall–Kier alpha value is -1.92. The average molecular weight is 335 g/mol. The van der Waals surface area contributed by atoms with E-state index in [4.69, 9.17) is 16.0 Å².